The van der Waals surface area contributed by atoms with E-state index in [0.717, 1.165) is 13.0 Å². The molecule has 0 heterocycles. The van der Waals surface area contributed by atoms with Crippen LogP contribution in [-0.4, -0.2) is 30.4 Å². The predicted octanol–water partition coefficient (Wildman–Crippen LogP) is 2.57. The molecular formula is C15H25N3O. The summed E-state index contributed by atoms with van der Waals surface area (Å²) in [5, 5.41) is 2.87. The SMILES string of the molecule is CC(C)CCN(C)C(C)C(=O)Nc1ccccc1N. The molecule has 0 aliphatic rings. The number of rotatable bonds is 6. The maximum atomic E-state index is 12.1. The number of nitrogen functional groups attached to an aromatic ring is 1. The highest BCUT2D eigenvalue weighted by atomic mass is 16.2. The Morgan fingerprint density at radius 3 is 2.53 bits per heavy atom. The van der Waals surface area contributed by atoms with Crippen molar-refractivity contribution in [1.82, 2.24) is 4.90 Å². The van der Waals surface area contributed by atoms with Gasteiger partial charge in [0, 0.05) is 0 Å². The van der Waals surface area contributed by atoms with E-state index in [1.807, 2.05) is 32.2 Å². The Bertz CT molecular complexity index is 418. The van der Waals surface area contributed by atoms with Crippen molar-refractivity contribution < 1.29 is 4.79 Å². The molecule has 1 aromatic carbocycles. The van der Waals surface area contributed by atoms with Crippen LogP contribution in [0.5, 0.6) is 0 Å². The molecular weight excluding hydrogens is 238 g/mol. The molecule has 4 heteroatoms. The Hall–Kier alpha value is -1.55. The quantitative estimate of drug-likeness (QED) is 0.776. The number of likely N-dealkylation sites (N-methyl/N-ethyl adjacent to an activating group) is 1. The topological polar surface area (TPSA) is 58.4 Å². The predicted molar refractivity (Wildman–Crippen MR) is 81.0 cm³/mol. The lowest BCUT2D eigenvalue weighted by Gasteiger charge is -2.24. The number of carbonyl (C=O) groups excluding carboxylic acids is 1. The smallest absolute Gasteiger partial charge is 0.241 e. The van der Waals surface area contributed by atoms with Gasteiger partial charge in [0.15, 0.2) is 0 Å². The third-order valence-electron chi connectivity index (χ3n) is 3.32. The number of hydrogen-bond donors (Lipinski definition) is 2. The van der Waals surface area contributed by atoms with E-state index in [-0.39, 0.29) is 11.9 Å². The number of anilines is 2. The number of amides is 1. The van der Waals surface area contributed by atoms with Crippen LogP contribution >= 0.6 is 0 Å². The van der Waals surface area contributed by atoms with Gasteiger partial charge in [0.25, 0.3) is 0 Å². The molecule has 0 saturated carbocycles. The number of carbonyl (C=O) groups is 1. The van der Waals surface area contributed by atoms with Gasteiger partial charge in [-0.15, -0.1) is 0 Å². The summed E-state index contributed by atoms with van der Waals surface area (Å²) in [7, 11) is 1.97. The van der Waals surface area contributed by atoms with Gasteiger partial charge in [0.2, 0.25) is 5.91 Å². The lowest BCUT2D eigenvalue weighted by atomic mass is 10.1. The second kappa shape index (κ2) is 7.14. The average Bonchev–Trinajstić information content (AvgIpc) is 2.37. The number of nitrogens with zero attached hydrogens (tertiary/aromatic N) is 1. The van der Waals surface area contributed by atoms with Crippen molar-refractivity contribution in [2.45, 2.75) is 33.2 Å². The standard InChI is InChI=1S/C15H25N3O/c1-11(2)9-10-18(4)12(3)15(19)17-14-8-6-5-7-13(14)16/h5-8,11-12H,9-10,16H2,1-4H3,(H,17,19). The van der Waals surface area contributed by atoms with E-state index in [1.54, 1.807) is 6.07 Å². The molecule has 1 amide bonds. The molecule has 0 radical (unpaired) electrons. The van der Waals surface area contributed by atoms with Gasteiger partial charge in [-0.1, -0.05) is 26.0 Å². The lowest BCUT2D eigenvalue weighted by Crippen LogP contribution is -2.40. The van der Waals surface area contributed by atoms with Crippen LogP contribution in [0.25, 0.3) is 0 Å². The van der Waals surface area contributed by atoms with Crippen molar-refractivity contribution in [2.75, 3.05) is 24.6 Å². The second-order valence-corrected chi connectivity index (χ2v) is 5.42. The van der Waals surface area contributed by atoms with Crippen LogP contribution in [0.3, 0.4) is 0 Å². The fraction of sp³-hybridized carbons (Fsp3) is 0.533. The third kappa shape index (κ3) is 4.91. The minimum Gasteiger partial charge on any atom is -0.397 e. The first-order chi connectivity index (χ1) is 8.91. The Morgan fingerprint density at radius 2 is 1.95 bits per heavy atom. The Kier molecular flexibility index (Phi) is 5.83. The fourth-order valence-corrected chi connectivity index (χ4v) is 1.70. The third-order valence-corrected chi connectivity index (χ3v) is 3.32. The van der Waals surface area contributed by atoms with Gasteiger partial charge in [-0.05, 0) is 45.0 Å². The van der Waals surface area contributed by atoms with E-state index in [2.05, 4.69) is 24.1 Å². The molecule has 0 aromatic heterocycles. The average molecular weight is 263 g/mol. The van der Waals surface area contributed by atoms with E-state index in [0.29, 0.717) is 17.3 Å². The van der Waals surface area contributed by atoms with Crippen LogP contribution in [0.2, 0.25) is 0 Å². The summed E-state index contributed by atoms with van der Waals surface area (Å²) in [5.74, 6) is 0.617. The maximum absolute atomic E-state index is 12.1. The summed E-state index contributed by atoms with van der Waals surface area (Å²) in [6.45, 7) is 7.19. The van der Waals surface area contributed by atoms with Crippen molar-refractivity contribution in [3.05, 3.63) is 24.3 Å². The van der Waals surface area contributed by atoms with Crippen molar-refractivity contribution >= 4 is 17.3 Å². The van der Waals surface area contributed by atoms with Gasteiger partial charge in [-0.3, -0.25) is 9.69 Å². The number of nitrogens with one attached hydrogen (secondary N) is 1. The van der Waals surface area contributed by atoms with E-state index < -0.39 is 0 Å². The van der Waals surface area contributed by atoms with Gasteiger partial charge in [-0.25, -0.2) is 0 Å². The maximum Gasteiger partial charge on any atom is 0.241 e. The highest BCUT2D eigenvalue weighted by molar-refractivity contribution is 5.96. The molecule has 3 N–H and O–H groups in total. The first-order valence-electron chi connectivity index (χ1n) is 6.77. The summed E-state index contributed by atoms with van der Waals surface area (Å²) in [5.41, 5.74) is 7.08. The van der Waals surface area contributed by atoms with Crippen LogP contribution < -0.4 is 11.1 Å². The Balaban J connectivity index is 2.55. The molecule has 106 valence electrons. The van der Waals surface area contributed by atoms with Gasteiger partial charge in [0.05, 0.1) is 17.4 Å². The summed E-state index contributed by atoms with van der Waals surface area (Å²) >= 11 is 0. The number of para-hydroxylation sites is 2. The van der Waals surface area contributed by atoms with E-state index in [9.17, 15) is 4.79 Å². The summed E-state index contributed by atoms with van der Waals surface area (Å²) in [6, 6.07) is 7.14. The van der Waals surface area contributed by atoms with Crippen LogP contribution in [0.4, 0.5) is 11.4 Å². The lowest BCUT2D eigenvalue weighted by molar-refractivity contribution is -0.120. The fourth-order valence-electron chi connectivity index (χ4n) is 1.70. The molecule has 0 aliphatic heterocycles. The molecule has 1 aromatic rings. The molecule has 0 aliphatic carbocycles. The molecule has 19 heavy (non-hydrogen) atoms. The molecule has 1 unspecified atom stereocenters. The van der Waals surface area contributed by atoms with E-state index in [1.165, 1.54) is 0 Å². The van der Waals surface area contributed by atoms with Crippen LogP contribution in [-0.2, 0) is 4.79 Å². The first-order valence-corrected chi connectivity index (χ1v) is 6.77. The van der Waals surface area contributed by atoms with Gasteiger partial charge in [0.1, 0.15) is 0 Å². The van der Waals surface area contributed by atoms with Crippen LogP contribution in [0, 0.1) is 5.92 Å². The van der Waals surface area contributed by atoms with E-state index >= 15 is 0 Å². The molecule has 1 atom stereocenters. The normalized spacial score (nSPS) is 12.7. The van der Waals surface area contributed by atoms with E-state index in [4.69, 9.17) is 5.73 Å². The monoisotopic (exact) mass is 263 g/mol. The summed E-state index contributed by atoms with van der Waals surface area (Å²) in [4.78, 5) is 14.2. The van der Waals surface area contributed by atoms with Crippen molar-refractivity contribution in [3.8, 4) is 0 Å². The molecule has 1 rings (SSSR count). The Morgan fingerprint density at radius 1 is 1.32 bits per heavy atom. The minimum absolute atomic E-state index is 0.0239. The van der Waals surface area contributed by atoms with Crippen molar-refractivity contribution in [3.63, 3.8) is 0 Å². The zero-order valence-corrected chi connectivity index (χ0v) is 12.3. The number of hydrogen-bond acceptors (Lipinski definition) is 3. The second-order valence-electron chi connectivity index (χ2n) is 5.42. The number of nitrogens with two attached hydrogens (primary N) is 1. The first kappa shape index (κ1) is 15.5. The minimum atomic E-state index is -0.168. The van der Waals surface area contributed by atoms with Gasteiger partial charge in [-0.2, -0.15) is 0 Å². The largest absolute Gasteiger partial charge is 0.397 e. The molecule has 0 bridgehead atoms. The highest BCUT2D eigenvalue weighted by Crippen LogP contribution is 2.17. The molecule has 0 spiro atoms. The van der Waals surface area contributed by atoms with Crippen molar-refractivity contribution in [1.29, 1.82) is 0 Å². The highest BCUT2D eigenvalue weighted by Gasteiger charge is 2.18. The summed E-state index contributed by atoms with van der Waals surface area (Å²) < 4.78 is 0. The van der Waals surface area contributed by atoms with Crippen LogP contribution in [0.15, 0.2) is 24.3 Å². The Labute approximate surface area is 116 Å². The number of benzene rings is 1. The van der Waals surface area contributed by atoms with Crippen molar-refractivity contribution in [2.24, 2.45) is 5.92 Å². The van der Waals surface area contributed by atoms with Crippen LogP contribution in [0.1, 0.15) is 27.2 Å². The zero-order valence-electron chi connectivity index (χ0n) is 12.3. The summed E-state index contributed by atoms with van der Waals surface area (Å²) in [6.07, 6.45) is 1.08. The molecule has 0 fully saturated rings. The molecule has 4 nitrogen and oxygen atoms in total. The zero-order chi connectivity index (χ0) is 14.4. The molecule has 0 saturated heterocycles. The van der Waals surface area contributed by atoms with Gasteiger partial charge < -0.3 is 11.1 Å². The van der Waals surface area contributed by atoms with Gasteiger partial charge >= 0.3 is 0 Å².